The first kappa shape index (κ1) is 18.6. The zero-order chi connectivity index (χ0) is 18.4. The van der Waals surface area contributed by atoms with E-state index in [1.807, 2.05) is 21.9 Å². The molecule has 2 aromatic heterocycles. The number of hydrogen-bond acceptors (Lipinski definition) is 4. The molecule has 0 unspecified atom stereocenters. The number of carbonyl (C=O) groups is 2. The number of carbonyl (C=O) groups excluding carboxylic acids is 2. The Bertz CT molecular complexity index is 745. The SMILES string of the molecule is Cc1ccc(CN(Cc2ccncc2)C(=O)CCN2CCCCC2=O)s1. The van der Waals surface area contributed by atoms with Crippen LogP contribution in [0.25, 0.3) is 0 Å². The molecular weight excluding hydrogens is 346 g/mol. The molecule has 3 rings (SSSR count). The highest BCUT2D eigenvalue weighted by Crippen LogP contribution is 2.19. The first-order valence-corrected chi connectivity index (χ1v) is 9.93. The number of pyridine rings is 1. The summed E-state index contributed by atoms with van der Waals surface area (Å²) in [6.07, 6.45) is 6.49. The lowest BCUT2D eigenvalue weighted by atomic mass is 10.1. The molecule has 2 amide bonds. The van der Waals surface area contributed by atoms with E-state index in [4.69, 9.17) is 0 Å². The molecule has 2 aromatic rings. The van der Waals surface area contributed by atoms with E-state index in [0.29, 0.717) is 32.5 Å². The van der Waals surface area contributed by atoms with Crippen molar-refractivity contribution >= 4 is 23.2 Å². The molecule has 0 aliphatic carbocycles. The van der Waals surface area contributed by atoms with Crippen molar-refractivity contribution in [1.82, 2.24) is 14.8 Å². The van der Waals surface area contributed by atoms with E-state index >= 15 is 0 Å². The van der Waals surface area contributed by atoms with Gasteiger partial charge in [-0.05, 0) is 49.6 Å². The highest BCUT2D eigenvalue weighted by Gasteiger charge is 2.21. The van der Waals surface area contributed by atoms with Gasteiger partial charge < -0.3 is 9.80 Å². The molecule has 1 aliphatic heterocycles. The third kappa shape index (κ3) is 5.14. The first-order chi connectivity index (χ1) is 12.6. The summed E-state index contributed by atoms with van der Waals surface area (Å²) in [5.74, 6) is 0.268. The molecule has 1 saturated heterocycles. The maximum atomic E-state index is 12.9. The van der Waals surface area contributed by atoms with Crippen LogP contribution in [-0.2, 0) is 22.7 Å². The Morgan fingerprint density at radius 2 is 2.00 bits per heavy atom. The van der Waals surface area contributed by atoms with Crippen LogP contribution < -0.4 is 0 Å². The van der Waals surface area contributed by atoms with Gasteiger partial charge in [0.25, 0.3) is 0 Å². The van der Waals surface area contributed by atoms with Crippen molar-refractivity contribution in [1.29, 1.82) is 0 Å². The van der Waals surface area contributed by atoms with E-state index in [1.165, 1.54) is 9.75 Å². The third-order valence-corrected chi connectivity index (χ3v) is 5.62. The Balaban J connectivity index is 1.64. The number of rotatable bonds is 7. The summed E-state index contributed by atoms with van der Waals surface area (Å²) >= 11 is 1.72. The summed E-state index contributed by atoms with van der Waals surface area (Å²) in [4.78, 5) is 35.0. The number of piperidine rings is 1. The summed E-state index contributed by atoms with van der Waals surface area (Å²) in [7, 11) is 0. The van der Waals surface area contributed by atoms with Gasteiger partial charge in [0.1, 0.15) is 0 Å². The minimum absolute atomic E-state index is 0.0891. The third-order valence-electron chi connectivity index (χ3n) is 4.64. The van der Waals surface area contributed by atoms with Gasteiger partial charge in [0, 0.05) is 54.6 Å². The van der Waals surface area contributed by atoms with Crippen LogP contribution in [0.2, 0.25) is 0 Å². The van der Waals surface area contributed by atoms with Gasteiger partial charge in [-0.25, -0.2) is 0 Å². The Morgan fingerprint density at radius 3 is 2.69 bits per heavy atom. The molecule has 0 saturated carbocycles. The van der Waals surface area contributed by atoms with Gasteiger partial charge >= 0.3 is 0 Å². The lowest BCUT2D eigenvalue weighted by molar-refractivity contribution is -0.136. The molecule has 0 radical (unpaired) electrons. The molecule has 3 heterocycles. The van der Waals surface area contributed by atoms with Gasteiger partial charge in [-0.1, -0.05) is 0 Å². The highest BCUT2D eigenvalue weighted by atomic mass is 32.1. The molecule has 0 spiro atoms. The molecule has 0 N–H and O–H groups in total. The van der Waals surface area contributed by atoms with Crippen molar-refractivity contribution < 1.29 is 9.59 Å². The van der Waals surface area contributed by atoms with E-state index in [0.717, 1.165) is 24.9 Å². The summed E-state index contributed by atoms with van der Waals surface area (Å²) in [6.45, 7) is 4.54. The second kappa shape index (κ2) is 8.94. The van der Waals surface area contributed by atoms with Crippen molar-refractivity contribution in [2.24, 2.45) is 0 Å². The number of thiophene rings is 1. The Hall–Kier alpha value is -2.21. The smallest absolute Gasteiger partial charge is 0.224 e. The van der Waals surface area contributed by atoms with Crippen LogP contribution in [0, 0.1) is 6.92 Å². The lowest BCUT2D eigenvalue weighted by Crippen LogP contribution is -2.39. The molecular formula is C20H25N3O2S. The van der Waals surface area contributed by atoms with Crippen LogP contribution in [0.15, 0.2) is 36.7 Å². The fourth-order valence-corrected chi connectivity index (χ4v) is 4.09. The Labute approximate surface area is 158 Å². The van der Waals surface area contributed by atoms with Crippen molar-refractivity contribution in [2.75, 3.05) is 13.1 Å². The normalized spacial score (nSPS) is 14.5. The summed E-state index contributed by atoms with van der Waals surface area (Å²) < 4.78 is 0. The Morgan fingerprint density at radius 1 is 1.19 bits per heavy atom. The standard InChI is InChI=1S/C20H25N3O2S/c1-16-5-6-18(26-16)15-23(14-17-7-10-21-11-8-17)20(25)9-13-22-12-3-2-4-19(22)24/h5-8,10-11H,2-4,9,12-15H2,1H3. The molecule has 6 heteroatoms. The van der Waals surface area contributed by atoms with Gasteiger partial charge in [-0.15, -0.1) is 11.3 Å². The van der Waals surface area contributed by atoms with Crippen molar-refractivity contribution in [3.8, 4) is 0 Å². The minimum Gasteiger partial charge on any atom is -0.342 e. The summed E-state index contributed by atoms with van der Waals surface area (Å²) in [5, 5.41) is 0. The quantitative estimate of drug-likeness (QED) is 0.750. The molecule has 138 valence electrons. The monoisotopic (exact) mass is 371 g/mol. The maximum Gasteiger partial charge on any atom is 0.224 e. The average molecular weight is 372 g/mol. The van der Waals surface area contributed by atoms with Gasteiger partial charge in [-0.3, -0.25) is 14.6 Å². The summed E-state index contributed by atoms with van der Waals surface area (Å²) in [5.41, 5.74) is 1.07. The number of hydrogen-bond donors (Lipinski definition) is 0. The van der Waals surface area contributed by atoms with Gasteiger partial charge in [0.05, 0.1) is 6.54 Å². The lowest BCUT2D eigenvalue weighted by Gasteiger charge is -2.28. The number of nitrogens with zero attached hydrogens (tertiary/aromatic N) is 3. The fourth-order valence-electron chi connectivity index (χ4n) is 3.19. The molecule has 0 aromatic carbocycles. The predicted molar refractivity (Wildman–Crippen MR) is 103 cm³/mol. The fraction of sp³-hybridized carbons (Fsp3) is 0.450. The molecule has 1 aliphatic rings. The van der Waals surface area contributed by atoms with Gasteiger partial charge in [-0.2, -0.15) is 0 Å². The number of aryl methyl sites for hydroxylation is 1. The molecule has 26 heavy (non-hydrogen) atoms. The van der Waals surface area contributed by atoms with E-state index in [2.05, 4.69) is 24.0 Å². The zero-order valence-electron chi connectivity index (χ0n) is 15.2. The van der Waals surface area contributed by atoms with Crippen LogP contribution >= 0.6 is 11.3 Å². The second-order valence-electron chi connectivity index (χ2n) is 6.71. The second-order valence-corrected chi connectivity index (χ2v) is 8.08. The van der Waals surface area contributed by atoms with Crippen LogP contribution in [-0.4, -0.2) is 39.7 Å². The van der Waals surface area contributed by atoms with Gasteiger partial charge in [0.15, 0.2) is 0 Å². The number of likely N-dealkylation sites (tertiary alicyclic amines) is 1. The average Bonchev–Trinajstić information content (AvgIpc) is 3.06. The van der Waals surface area contributed by atoms with Crippen LogP contribution in [0.1, 0.15) is 41.0 Å². The summed E-state index contributed by atoms with van der Waals surface area (Å²) in [6, 6.07) is 8.05. The molecule has 5 nitrogen and oxygen atoms in total. The van der Waals surface area contributed by atoms with Crippen molar-refractivity contribution in [3.05, 3.63) is 52.0 Å². The molecule has 1 fully saturated rings. The van der Waals surface area contributed by atoms with E-state index in [1.54, 1.807) is 23.7 Å². The molecule has 0 atom stereocenters. The van der Waals surface area contributed by atoms with Crippen LogP contribution in [0.4, 0.5) is 0 Å². The van der Waals surface area contributed by atoms with Crippen LogP contribution in [0.5, 0.6) is 0 Å². The number of aromatic nitrogens is 1. The van der Waals surface area contributed by atoms with Crippen LogP contribution in [0.3, 0.4) is 0 Å². The maximum absolute atomic E-state index is 12.9. The minimum atomic E-state index is 0.0891. The highest BCUT2D eigenvalue weighted by molar-refractivity contribution is 7.11. The van der Waals surface area contributed by atoms with Crippen molar-refractivity contribution in [3.63, 3.8) is 0 Å². The van der Waals surface area contributed by atoms with E-state index < -0.39 is 0 Å². The zero-order valence-corrected chi connectivity index (χ0v) is 16.0. The first-order valence-electron chi connectivity index (χ1n) is 9.11. The van der Waals surface area contributed by atoms with E-state index in [9.17, 15) is 9.59 Å². The largest absolute Gasteiger partial charge is 0.342 e. The van der Waals surface area contributed by atoms with Gasteiger partial charge in [0.2, 0.25) is 11.8 Å². The Kier molecular flexibility index (Phi) is 6.39. The topological polar surface area (TPSA) is 53.5 Å². The molecule has 0 bridgehead atoms. The van der Waals surface area contributed by atoms with Crippen molar-refractivity contribution in [2.45, 2.75) is 45.7 Å². The predicted octanol–water partition coefficient (Wildman–Crippen LogP) is 3.38. The number of amides is 2. The van der Waals surface area contributed by atoms with E-state index in [-0.39, 0.29) is 11.8 Å².